The fourth-order valence-electron chi connectivity index (χ4n) is 2.28. The lowest BCUT2D eigenvalue weighted by molar-refractivity contribution is -0.128. The van der Waals surface area contributed by atoms with Gasteiger partial charge in [-0.25, -0.2) is 0 Å². The van der Waals surface area contributed by atoms with Gasteiger partial charge in [-0.05, 0) is 44.0 Å². The summed E-state index contributed by atoms with van der Waals surface area (Å²) in [7, 11) is 0. The van der Waals surface area contributed by atoms with Crippen LogP contribution >= 0.6 is 11.6 Å². The van der Waals surface area contributed by atoms with E-state index in [1.54, 1.807) is 31.2 Å². The number of nitrogens with one attached hydrogen (secondary N) is 2. The maximum Gasteiger partial charge on any atom is 0.261 e. The summed E-state index contributed by atoms with van der Waals surface area (Å²) >= 11 is 5.89. The Kier molecular flexibility index (Phi) is 5.26. The van der Waals surface area contributed by atoms with Crippen LogP contribution in [0.15, 0.2) is 24.3 Å². The maximum atomic E-state index is 12.1. The second-order valence-corrected chi connectivity index (χ2v) is 5.74. The number of halogens is 1. The molecule has 0 spiro atoms. The first-order valence-corrected chi connectivity index (χ1v) is 7.37. The van der Waals surface area contributed by atoms with Crippen molar-refractivity contribution < 1.29 is 9.53 Å². The second kappa shape index (κ2) is 6.95. The summed E-state index contributed by atoms with van der Waals surface area (Å²) in [5, 5.41) is 6.93. The molecule has 3 atom stereocenters. The summed E-state index contributed by atoms with van der Waals surface area (Å²) < 4.78 is 5.62. The van der Waals surface area contributed by atoms with Gasteiger partial charge in [0.1, 0.15) is 5.75 Å². The van der Waals surface area contributed by atoms with E-state index in [4.69, 9.17) is 16.3 Å². The van der Waals surface area contributed by atoms with Gasteiger partial charge >= 0.3 is 0 Å². The summed E-state index contributed by atoms with van der Waals surface area (Å²) in [5.41, 5.74) is 0. The lowest BCUT2D eigenvalue weighted by atomic mass is 9.95. The molecule has 1 aliphatic rings. The summed E-state index contributed by atoms with van der Waals surface area (Å²) in [6.45, 7) is 5.74. The molecule has 2 rings (SSSR count). The molecule has 0 saturated carbocycles. The van der Waals surface area contributed by atoms with Crippen molar-refractivity contribution in [1.82, 2.24) is 10.6 Å². The fraction of sp³-hybridized carbons (Fsp3) is 0.533. The highest BCUT2D eigenvalue weighted by Crippen LogP contribution is 2.18. The Morgan fingerprint density at radius 3 is 3.05 bits per heavy atom. The van der Waals surface area contributed by atoms with E-state index in [1.807, 2.05) is 0 Å². The largest absolute Gasteiger partial charge is 0.481 e. The molecule has 1 amide bonds. The zero-order chi connectivity index (χ0) is 14.5. The van der Waals surface area contributed by atoms with E-state index in [0.717, 1.165) is 19.5 Å². The van der Waals surface area contributed by atoms with Gasteiger partial charge in [-0.15, -0.1) is 0 Å². The molecule has 1 heterocycles. The van der Waals surface area contributed by atoms with E-state index in [-0.39, 0.29) is 11.9 Å². The number of hydrogen-bond acceptors (Lipinski definition) is 3. The molecule has 5 heteroatoms. The Labute approximate surface area is 124 Å². The third-order valence-electron chi connectivity index (χ3n) is 3.63. The molecule has 1 aliphatic heterocycles. The van der Waals surface area contributed by atoms with Crippen LogP contribution in [0.3, 0.4) is 0 Å². The molecule has 0 radical (unpaired) electrons. The normalized spacial score (nSPS) is 23.9. The Bertz CT molecular complexity index is 467. The second-order valence-electron chi connectivity index (χ2n) is 5.30. The number of rotatable bonds is 4. The smallest absolute Gasteiger partial charge is 0.261 e. The molecule has 3 unspecified atom stereocenters. The monoisotopic (exact) mass is 296 g/mol. The molecular formula is C15H21ClN2O2. The third-order valence-corrected chi connectivity index (χ3v) is 3.87. The van der Waals surface area contributed by atoms with E-state index in [1.165, 1.54) is 0 Å². The highest BCUT2D eigenvalue weighted by Gasteiger charge is 2.25. The first-order valence-electron chi connectivity index (χ1n) is 6.99. The number of piperidine rings is 1. The molecule has 0 bridgehead atoms. The molecule has 1 saturated heterocycles. The summed E-state index contributed by atoms with van der Waals surface area (Å²) in [4.78, 5) is 12.1. The number of amides is 1. The quantitative estimate of drug-likeness (QED) is 0.896. The predicted molar refractivity (Wildman–Crippen MR) is 80.1 cm³/mol. The minimum Gasteiger partial charge on any atom is -0.481 e. The summed E-state index contributed by atoms with van der Waals surface area (Å²) in [6.07, 6.45) is 0.539. The van der Waals surface area contributed by atoms with E-state index < -0.39 is 6.10 Å². The minimum absolute atomic E-state index is 0.0921. The molecule has 1 aromatic carbocycles. The van der Waals surface area contributed by atoms with Crippen molar-refractivity contribution in [1.29, 1.82) is 0 Å². The molecule has 1 aromatic rings. The van der Waals surface area contributed by atoms with Gasteiger partial charge in [-0.2, -0.15) is 0 Å². The van der Waals surface area contributed by atoms with Crippen molar-refractivity contribution in [2.45, 2.75) is 32.4 Å². The topological polar surface area (TPSA) is 50.4 Å². The van der Waals surface area contributed by atoms with Gasteiger partial charge in [0.2, 0.25) is 0 Å². The van der Waals surface area contributed by atoms with Crippen LogP contribution in [0.2, 0.25) is 5.02 Å². The molecule has 0 aliphatic carbocycles. The zero-order valence-corrected chi connectivity index (χ0v) is 12.6. The van der Waals surface area contributed by atoms with Gasteiger partial charge in [0.25, 0.3) is 5.91 Å². The van der Waals surface area contributed by atoms with Crippen molar-refractivity contribution in [3.8, 4) is 5.75 Å². The van der Waals surface area contributed by atoms with Gasteiger partial charge in [0.05, 0.1) is 0 Å². The van der Waals surface area contributed by atoms with Crippen molar-refractivity contribution in [2.24, 2.45) is 5.92 Å². The maximum absolute atomic E-state index is 12.1. The van der Waals surface area contributed by atoms with Crippen molar-refractivity contribution in [2.75, 3.05) is 13.1 Å². The minimum atomic E-state index is -0.539. The average Bonchev–Trinajstić information content (AvgIpc) is 2.41. The number of carbonyl (C=O) groups excluding carboxylic acids is 1. The van der Waals surface area contributed by atoms with Gasteiger partial charge in [0, 0.05) is 17.6 Å². The van der Waals surface area contributed by atoms with E-state index in [9.17, 15) is 4.79 Å². The van der Waals surface area contributed by atoms with Crippen LogP contribution in [0.5, 0.6) is 5.75 Å². The molecular weight excluding hydrogens is 276 g/mol. The SMILES string of the molecule is CC(Oc1cccc(Cl)c1)C(=O)NC1CNCCC1C. The van der Waals surface area contributed by atoms with Crippen LogP contribution in [0, 0.1) is 5.92 Å². The van der Waals surface area contributed by atoms with E-state index >= 15 is 0 Å². The lowest BCUT2D eigenvalue weighted by Crippen LogP contribution is -2.52. The van der Waals surface area contributed by atoms with Crippen LogP contribution in [0.1, 0.15) is 20.3 Å². The predicted octanol–water partition coefficient (Wildman–Crippen LogP) is 2.22. The van der Waals surface area contributed by atoms with Crippen LogP contribution in [0.4, 0.5) is 0 Å². The molecule has 4 nitrogen and oxygen atoms in total. The number of ether oxygens (including phenoxy) is 1. The summed E-state index contributed by atoms with van der Waals surface area (Å²) in [6, 6.07) is 7.24. The lowest BCUT2D eigenvalue weighted by Gasteiger charge is -2.31. The Morgan fingerprint density at radius 1 is 1.55 bits per heavy atom. The Hall–Kier alpha value is -1.26. The van der Waals surface area contributed by atoms with Crippen LogP contribution < -0.4 is 15.4 Å². The highest BCUT2D eigenvalue weighted by molar-refractivity contribution is 6.30. The molecule has 0 aromatic heterocycles. The molecule has 20 heavy (non-hydrogen) atoms. The number of hydrogen-bond donors (Lipinski definition) is 2. The number of benzene rings is 1. The fourth-order valence-corrected chi connectivity index (χ4v) is 2.46. The highest BCUT2D eigenvalue weighted by atomic mass is 35.5. The van der Waals surface area contributed by atoms with Gasteiger partial charge in [0.15, 0.2) is 6.10 Å². The Morgan fingerprint density at radius 2 is 2.35 bits per heavy atom. The van der Waals surface area contributed by atoms with Crippen LogP contribution in [-0.4, -0.2) is 31.1 Å². The van der Waals surface area contributed by atoms with E-state index in [2.05, 4.69) is 17.6 Å². The van der Waals surface area contributed by atoms with Gasteiger partial charge in [-0.1, -0.05) is 24.6 Å². The summed E-state index contributed by atoms with van der Waals surface area (Å²) in [5.74, 6) is 0.999. The standard InChI is InChI=1S/C15H21ClN2O2/c1-10-6-7-17-9-14(10)18-15(19)11(2)20-13-5-3-4-12(16)8-13/h3-5,8,10-11,14,17H,6-7,9H2,1-2H3,(H,18,19). The number of carbonyl (C=O) groups is 1. The molecule has 110 valence electrons. The first-order chi connectivity index (χ1) is 9.56. The van der Waals surface area contributed by atoms with E-state index in [0.29, 0.717) is 16.7 Å². The first kappa shape index (κ1) is 15.1. The van der Waals surface area contributed by atoms with Crippen molar-refractivity contribution in [3.05, 3.63) is 29.3 Å². The van der Waals surface area contributed by atoms with Crippen molar-refractivity contribution in [3.63, 3.8) is 0 Å². The Balaban J connectivity index is 1.88. The van der Waals surface area contributed by atoms with Crippen molar-refractivity contribution >= 4 is 17.5 Å². The third kappa shape index (κ3) is 4.12. The zero-order valence-electron chi connectivity index (χ0n) is 11.9. The average molecular weight is 297 g/mol. The molecule has 2 N–H and O–H groups in total. The van der Waals surface area contributed by atoms with Crippen LogP contribution in [-0.2, 0) is 4.79 Å². The van der Waals surface area contributed by atoms with Crippen LogP contribution in [0.25, 0.3) is 0 Å². The van der Waals surface area contributed by atoms with Gasteiger partial charge < -0.3 is 15.4 Å². The molecule has 1 fully saturated rings. The van der Waals surface area contributed by atoms with Gasteiger partial charge in [-0.3, -0.25) is 4.79 Å².